The van der Waals surface area contributed by atoms with E-state index in [0.717, 1.165) is 34.3 Å². The third-order valence-corrected chi connectivity index (χ3v) is 3.74. The Bertz CT molecular complexity index is 517. The molecule has 2 aromatic rings. The van der Waals surface area contributed by atoms with E-state index in [1.54, 1.807) is 31.3 Å². The molecule has 0 fully saturated rings. The molecule has 0 unspecified atom stereocenters. The van der Waals surface area contributed by atoms with E-state index in [1.165, 1.54) is 0 Å². The molecule has 2 heterocycles. The number of nitrogens with zero attached hydrogens (tertiary/aromatic N) is 2. The van der Waals surface area contributed by atoms with Crippen LogP contribution in [0.1, 0.15) is 17.7 Å². The van der Waals surface area contributed by atoms with Gasteiger partial charge in [-0.3, -0.25) is 4.98 Å². The van der Waals surface area contributed by atoms with Gasteiger partial charge in [0.05, 0.1) is 12.3 Å². The Kier molecular flexibility index (Phi) is 5.88. The topological polar surface area (TPSA) is 60.0 Å². The quantitative estimate of drug-likeness (QED) is 0.599. The zero-order chi connectivity index (χ0) is 14.2. The van der Waals surface area contributed by atoms with Crippen LogP contribution in [0.15, 0.2) is 29.8 Å². The number of thioether (sulfide) groups is 1. The van der Waals surface area contributed by atoms with E-state index in [2.05, 4.69) is 15.0 Å². The molecular weight excluding hydrogens is 274 g/mol. The van der Waals surface area contributed by atoms with Gasteiger partial charge < -0.3 is 14.5 Å². The van der Waals surface area contributed by atoms with Crippen LogP contribution in [0.25, 0.3) is 0 Å². The minimum atomic E-state index is 0.656. The number of hydrogen-bond acceptors (Lipinski definition) is 5. The molecule has 0 aromatic carbocycles. The van der Waals surface area contributed by atoms with Crippen LogP contribution in [0.2, 0.25) is 0 Å². The zero-order valence-electron chi connectivity index (χ0n) is 11.8. The van der Waals surface area contributed by atoms with Crippen molar-refractivity contribution >= 4 is 11.8 Å². The summed E-state index contributed by atoms with van der Waals surface area (Å²) < 4.78 is 10.8. The van der Waals surface area contributed by atoms with Crippen molar-refractivity contribution in [2.45, 2.75) is 24.3 Å². The Morgan fingerprint density at radius 3 is 2.90 bits per heavy atom. The fourth-order valence-corrected chi connectivity index (χ4v) is 2.56. The van der Waals surface area contributed by atoms with Gasteiger partial charge in [0.15, 0.2) is 5.16 Å². The van der Waals surface area contributed by atoms with E-state index in [9.17, 15) is 0 Å². The third kappa shape index (κ3) is 4.25. The molecule has 0 aliphatic heterocycles. The lowest BCUT2D eigenvalue weighted by atomic mass is 10.2. The van der Waals surface area contributed by atoms with Crippen LogP contribution in [0.3, 0.4) is 0 Å². The highest BCUT2D eigenvalue weighted by Crippen LogP contribution is 2.25. The van der Waals surface area contributed by atoms with Crippen LogP contribution in [0.5, 0.6) is 5.75 Å². The summed E-state index contributed by atoms with van der Waals surface area (Å²) in [5, 5.41) is 0.901. The van der Waals surface area contributed by atoms with Crippen molar-refractivity contribution in [1.29, 1.82) is 0 Å². The summed E-state index contributed by atoms with van der Waals surface area (Å²) in [6.45, 7) is 3.41. The molecule has 0 spiro atoms. The van der Waals surface area contributed by atoms with Gasteiger partial charge in [0, 0.05) is 50.0 Å². The monoisotopic (exact) mass is 293 g/mol. The fourth-order valence-electron chi connectivity index (χ4n) is 1.71. The predicted molar refractivity (Wildman–Crippen MR) is 79.1 cm³/mol. The first-order valence-electron chi connectivity index (χ1n) is 6.49. The lowest BCUT2D eigenvalue weighted by molar-refractivity contribution is 0.172. The summed E-state index contributed by atoms with van der Waals surface area (Å²) in [5.41, 5.74) is 2.11. The maximum Gasteiger partial charge on any atom is 0.165 e. The molecule has 0 aliphatic rings. The molecule has 0 amide bonds. The van der Waals surface area contributed by atoms with E-state index in [1.807, 2.05) is 19.2 Å². The van der Waals surface area contributed by atoms with Gasteiger partial charge in [-0.1, -0.05) is 11.8 Å². The van der Waals surface area contributed by atoms with E-state index in [4.69, 9.17) is 9.47 Å². The van der Waals surface area contributed by atoms with Gasteiger partial charge >= 0.3 is 0 Å². The highest BCUT2D eigenvalue weighted by molar-refractivity contribution is 7.98. The first kappa shape index (κ1) is 14.9. The van der Waals surface area contributed by atoms with Gasteiger partial charge in [-0.25, -0.2) is 4.98 Å². The zero-order valence-corrected chi connectivity index (χ0v) is 12.6. The SMILES string of the molecule is COCCCOc1ccnc(CSc2ncc[nH]2)c1C. The molecule has 5 nitrogen and oxygen atoms in total. The van der Waals surface area contributed by atoms with Crippen LogP contribution in [0, 0.1) is 6.92 Å². The van der Waals surface area contributed by atoms with Crippen molar-refractivity contribution in [3.63, 3.8) is 0 Å². The Labute approximate surface area is 123 Å². The first-order chi connectivity index (χ1) is 9.81. The Morgan fingerprint density at radius 1 is 1.25 bits per heavy atom. The normalized spacial score (nSPS) is 10.7. The largest absolute Gasteiger partial charge is 0.493 e. The highest BCUT2D eigenvalue weighted by Gasteiger charge is 2.08. The van der Waals surface area contributed by atoms with E-state index in [-0.39, 0.29) is 0 Å². The number of H-pyrrole nitrogens is 1. The molecular formula is C14H19N3O2S. The van der Waals surface area contributed by atoms with Crippen molar-refractivity contribution in [1.82, 2.24) is 15.0 Å². The molecule has 0 saturated carbocycles. The Balaban J connectivity index is 1.92. The third-order valence-electron chi connectivity index (χ3n) is 2.83. The summed E-state index contributed by atoms with van der Waals surface area (Å²) in [5.74, 6) is 1.67. The molecule has 108 valence electrons. The number of nitrogens with one attached hydrogen (secondary N) is 1. The summed E-state index contributed by atoms with van der Waals surface area (Å²) in [6, 6.07) is 1.91. The second-order valence-electron chi connectivity index (χ2n) is 4.26. The number of methoxy groups -OCH3 is 1. The van der Waals surface area contributed by atoms with E-state index in [0.29, 0.717) is 13.2 Å². The number of hydrogen-bond donors (Lipinski definition) is 1. The van der Waals surface area contributed by atoms with Crippen molar-refractivity contribution in [3.05, 3.63) is 35.9 Å². The Hall–Kier alpha value is -1.53. The number of aromatic amines is 1. The second-order valence-corrected chi connectivity index (χ2v) is 5.22. The summed E-state index contributed by atoms with van der Waals surface area (Å²) in [4.78, 5) is 11.7. The van der Waals surface area contributed by atoms with Gasteiger partial charge in [0.25, 0.3) is 0 Å². The lowest BCUT2D eigenvalue weighted by Crippen LogP contribution is -2.04. The van der Waals surface area contributed by atoms with Crippen molar-refractivity contribution < 1.29 is 9.47 Å². The minimum Gasteiger partial charge on any atom is -0.493 e. The maximum absolute atomic E-state index is 5.76. The molecule has 0 atom stereocenters. The smallest absolute Gasteiger partial charge is 0.165 e. The number of pyridine rings is 1. The van der Waals surface area contributed by atoms with Gasteiger partial charge in [0.2, 0.25) is 0 Å². The van der Waals surface area contributed by atoms with Crippen LogP contribution in [-0.2, 0) is 10.5 Å². The molecule has 0 bridgehead atoms. The molecule has 20 heavy (non-hydrogen) atoms. The van der Waals surface area contributed by atoms with Crippen molar-refractivity contribution in [2.75, 3.05) is 20.3 Å². The standard InChI is InChI=1S/C14H19N3O2S/c1-11-12(10-20-14-16-6-7-17-14)15-5-4-13(11)19-9-3-8-18-2/h4-7H,3,8-10H2,1-2H3,(H,16,17). The molecule has 0 saturated heterocycles. The highest BCUT2D eigenvalue weighted by atomic mass is 32.2. The fraction of sp³-hybridized carbons (Fsp3) is 0.429. The van der Waals surface area contributed by atoms with E-state index >= 15 is 0 Å². The van der Waals surface area contributed by atoms with Crippen molar-refractivity contribution in [2.24, 2.45) is 0 Å². The van der Waals surface area contributed by atoms with Crippen molar-refractivity contribution in [3.8, 4) is 5.75 Å². The molecule has 2 aromatic heterocycles. The summed E-state index contributed by atoms with van der Waals surface area (Å²) >= 11 is 1.63. The molecule has 6 heteroatoms. The first-order valence-corrected chi connectivity index (χ1v) is 7.48. The number of ether oxygens (including phenoxy) is 2. The molecule has 2 rings (SSSR count). The predicted octanol–water partition coefficient (Wildman–Crippen LogP) is 2.82. The Morgan fingerprint density at radius 2 is 2.15 bits per heavy atom. The van der Waals surface area contributed by atoms with Crippen LogP contribution in [0.4, 0.5) is 0 Å². The van der Waals surface area contributed by atoms with Gasteiger partial charge in [-0.15, -0.1) is 0 Å². The van der Waals surface area contributed by atoms with Gasteiger partial charge in [0.1, 0.15) is 5.75 Å². The number of aromatic nitrogens is 3. The van der Waals surface area contributed by atoms with Gasteiger partial charge in [-0.05, 0) is 13.0 Å². The molecule has 0 radical (unpaired) electrons. The maximum atomic E-state index is 5.76. The second kappa shape index (κ2) is 7.91. The van der Waals surface area contributed by atoms with Crippen LogP contribution >= 0.6 is 11.8 Å². The van der Waals surface area contributed by atoms with Crippen LogP contribution in [-0.4, -0.2) is 35.3 Å². The number of rotatable bonds is 8. The average Bonchev–Trinajstić information content (AvgIpc) is 2.97. The van der Waals surface area contributed by atoms with Crippen LogP contribution < -0.4 is 4.74 Å². The summed E-state index contributed by atoms with van der Waals surface area (Å²) in [6.07, 6.45) is 6.24. The molecule has 1 N–H and O–H groups in total. The average molecular weight is 293 g/mol. The lowest BCUT2D eigenvalue weighted by Gasteiger charge is -2.11. The van der Waals surface area contributed by atoms with E-state index < -0.39 is 0 Å². The minimum absolute atomic E-state index is 0.656. The van der Waals surface area contributed by atoms with Gasteiger partial charge in [-0.2, -0.15) is 0 Å². The number of imidazole rings is 1. The summed E-state index contributed by atoms with van der Waals surface area (Å²) in [7, 11) is 1.70. The molecule has 0 aliphatic carbocycles.